The smallest absolute Gasteiger partial charge is 0.316 e. The number of hydrogen-bond donors (Lipinski definition) is 1. The van der Waals surface area contributed by atoms with E-state index < -0.39 is 11.2 Å². The summed E-state index contributed by atoms with van der Waals surface area (Å²) in [5.74, 6) is -0.185. The summed E-state index contributed by atoms with van der Waals surface area (Å²) in [6.45, 7) is 1.68. The average molecular weight is 262 g/mol. The first-order valence-electron chi connectivity index (χ1n) is 5.61. The SMILES string of the molecule is CC(SCc1ccn(-c2ccccc2)n1)C(=O)O. The van der Waals surface area contributed by atoms with E-state index in [1.54, 1.807) is 11.6 Å². The summed E-state index contributed by atoms with van der Waals surface area (Å²) in [5.41, 5.74) is 1.89. The van der Waals surface area contributed by atoms with E-state index in [0.29, 0.717) is 5.75 Å². The van der Waals surface area contributed by atoms with Crippen LogP contribution < -0.4 is 0 Å². The van der Waals surface area contributed by atoms with Crippen molar-refractivity contribution in [1.29, 1.82) is 0 Å². The van der Waals surface area contributed by atoms with Crippen LogP contribution in [0.1, 0.15) is 12.6 Å². The van der Waals surface area contributed by atoms with Gasteiger partial charge in [-0.1, -0.05) is 18.2 Å². The van der Waals surface area contributed by atoms with Gasteiger partial charge in [0.2, 0.25) is 0 Å². The van der Waals surface area contributed by atoms with Gasteiger partial charge in [0.25, 0.3) is 0 Å². The van der Waals surface area contributed by atoms with E-state index in [4.69, 9.17) is 5.11 Å². The Kier molecular flexibility index (Phi) is 4.04. The molecule has 0 saturated heterocycles. The van der Waals surface area contributed by atoms with Crippen molar-refractivity contribution in [2.75, 3.05) is 0 Å². The molecule has 18 heavy (non-hydrogen) atoms. The minimum absolute atomic E-state index is 0.410. The van der Waals surface area contributed by atoms with Crippen LogP contribution in [0.15, 0.2) is 42.6 Å². The molecule has 0 aliphatic rings. The van der Waals surface area contributed by atoms with Gasteiger partial charge in [0.05, 0.1) is 16.6 Å². The van der Waals surface area contributed by atoms with Crippen LogP contribution in [0.4, 0.5) is 0 Å². The van der Waals surface area contributed by atoms with Gasteiger partial charge < -0.3 is 5.11 Å². The van der Waals surface area contributed by atoms with Gasteiger partial charge in [-0.2, -0.15) is 5.10 Å². The molecule has 0 amide bonds. The zero-order valence-electron chi connectivity index (χ0n) is 9.98. The molecular formula is C13H14N2O2S. The van der Waals surface area contributed by atoms with E-state index in [-0.39, 0.29) is 0 Å². The van der Waals surface area contributed by atoms with Crippen molar-refractivity contribution in [3.63, 3.8) is 0 Å². The number of thioether (sulfide) groups is 1. The highest BCUT2D eigenvalue weighted by Gasteiger charge is 2.12. The maximum atomic E-state index is 10.7. The summed E-state index contributed by atoms with van der Waals surface area (Å²) in [4.78, 5) is 10.7. The summed E-state index contributed by atoms with van der Waals surface area (Å²) in [5, 5.41) is 12.8. The molecule has 2 rings (SSSR count). The lowest BCUT2D eigenvalue weighted by Gasteiger charge is -2.03. The normalized spacial score (nSPS) is 12.3. The Morgan fingerprint density at radius 1 is 1.39 bits per heavy atom. The largest absolute Gasteiger partial charge is 0.480 e. The van der Waals surface area contributed by atoms with Crippen LogP contribution in [0.3, 0.4) is 0 Å². The molecule has 2 aromatic rings. The molecule has 0 radical (unpaired) electrons. The Bertz CT molecular complexity index is 525. The molecule has 0 aliphatic carbocycles. The van der Waals surface area contributed by atoms with Gasteiger partial charge in [-0.15, -0.1) is 11.8 Å². The fraction of sp³-hybridized carbons (Fsp3) is 0.231. The number of aromatic nitrogens is 2. The van der Waals surface area contributed by atoms with Crippen LogP contribution in [0.2, 0.25) is 0 Å². The highest BCUT2D eigenvalue weighted by Crippen LogP contribution is 2.17. The van der Waals surface area contributed by atoms with Crippen LogP contribution in [-0.4, -0.2) is 26.1 Å². The van der Waals surface area contributed by atoms with Crippen LogP contribution in [-0.2, 0) is 10.5 Å². The lowest BCUT2D eigenvalue weighted by atomic mass is 10.3. The Morgan fingerprint density at radius 2 is 2.11 bits per heavy atom. The van der Waals surface area contributed by atoms with E-state index in [2.05, 4.69) is 5.10 Å². The molecule has 0 aliphatic heterocycles. The zero-order valence-corrected chi connectivity index (χ0v) is 10.8. The van der Waals surface area contributed by atoms with E-state index in [1.807, 2.05) is 42.6 Å². The fourth-order valence-electron chi connectivity index (χ4n) is 1.44. The molecule has 1 atom stereocenters. The Balaban J connectivity index is 2.01. The molecule has 1 heterocycles. The monoisotopic (exact) mass is 262 g/mol. The third-order valence-corrected chi connectivity index (χ3v) is 3.66. The van der Waals surface area contributed by atoms with Crippen LogP contribution in [0, 0.1) is 0 Å². The average Bonchev–Trinajstić information content (AvgIpc) is 2.85. The third kappa shape index (κ3) is 3.13. The molecule has 0 bridgehead atoms. The molecule has 4 nitrogen and oxygen atoms in total. The second kappa shape index (κ2) is 5.73. The second-order valence-corrected chi connectivity index (χ2v) is 5.21. The standard InChI is InChI=1S/C13H14N2O2S/c1-10(13(16)17)18-9-11-7-8-15(14-11)12-5-3-2-4-6-12/h2-8,10H,9H2,1H3,(H,16,17). The Hall–Kier alpha value is -1.75. The van der Waals surface area contributed by atoms with Crippen molar-refractivity contribution in [1.82, 2.24) is 9.78 Å². The van der Waals surface area contributed by atoms with Gasteiger partial charge in [0, 0.05) is 11.9 Å². The summed E-state index contributed by atoms with van der Waals surface area (Å²) in [6, 6.07) is 11.7. The van der Waals surface area contributed by atoms with E-state index in [9.17, 15) is 4.79 Å². The topological polar surface area (TPSA) is 55.1 Å². The van der Waals surface area contributed by atoms with Gasteiger partial charge in [0.15, 0.2) is 0 Å². The molecule has 5 heteroatoms. The molecule has 0 fully saturated rings. The van der Waals surface area contributed by atoms with Gasteiger partial charge in [-0.3, -0.25) is 4.79 Å². The van der Waals surface area contributed by atoms with E-state index in [1.165, 1.54) is 11.8 Å². The molecule has 1 unspecified atom stereocenters. The van der Waals surface area contributed by atoms with Crippen molar-refractivity contribution in [2.45, 2.75) is 17.9 Å². The molecule has 94 valence electrons. The number of carboxylic acid groups (broad SMARTS) is 1. The molecular weight excluding hydrogens is 248 g/mol. The van der Waals surface area contributed by atoms with Gasteiger partial charge in [-0.25, -0.2) is 4.68 Å². The molecule has 0 saturated carbocycles. The van der Waals surface area contributed by atoms with Crippen molar-refractivity contribution in [3.8, 4) is 5.69 Å². The summed E-state index contributed by atoms with van der Waals surface area (Å²) >= 11 is 1.37. The number of benzene rings is 1. The number of para-hydroxylation sites is 1. The fourth-order valence-corrected chi connectivity index (χ4v) is 2.16. The van der Waals surface area contributed by atoms with Crippen molar-refractivity contribution in [3.05, 3.63) is 48.3 Å². The summed E-state index contributed by atoms with van der Waals surface area (Å²) in [7, 11) is 0. The molecule has 0 spiro atoms. The maximum absolute atomic E-state index is 10.7. The van der Waals surface area contributed by atoms with Gasteiger partial charge >= 0.3 is 5.97 Å². The van der Waals surface area contributed by atoms with Gasteiger partial charge in [-0.05, 0) is 25.1 Å². The third-order valence-electron chi connectivity index (χ3n) is 2.49. The summed E-state index contributed by atoms with van der Waals surface area (Å²) < 4.78 is 1.79. The van der Waals surface area contributed by atoms with Crippen molar-refractivity contribution in [2.24, 2.45) is 0 Å². The van der Waals surface area contributed by atoms with Crippen molar-refractivity contribution < 1.29 is 9.90 Å². The number of rotatable bonds is 5. The molecule has 1 aromatic carbocycles. The van der Waals surface area contributed by atoms with E-state index in [0.717, 1.165) is 11.4 Å². The Labute approximate surface area is 110 Å². The lowest BCUT2D eigenvalue weighted by molar-refractivity contribution is -0.136. The first-order chi connectivity index (χ1) is 8.66. The summed E-state index contributed by atoms with van der Waals surface area (Å²) in [6.07, 6.45) is 1.89. The highest BCUT2D eigenvalue weighted by atomic mass is 32.2. The zero-order chi connectivity index (χ0) is 13.0. The number of nitrogens with zero attached hydrogens (tertiary/aromatic N) is 2. The minimum Gasteiger partial charge on any atom is -0.480 e. The van der Waals surface area contributed by atoms with Gasteiger partial charge in [0.1, 0.15) is 0 Å². The predicted octanol–water partition coefficient (Wildman–Crippen LogP) is 2.58. The number of aliphatic carboxylic acids is 1. The predicted molar refractivity (Wildman–Crippen MR) is 72.0 cm³/mol. The van der Waals surface area contributed by atoms with Crippen molar-refractivity contribution >= 4 is 17.7 Å². The molecule has 1 aromatic heterocycles. The van der Waals surface area contributed by atoms with Crippen LogP contribution >= 0.6 is 11.8 Å². The maximum Gasteiger partial charge on any atom is 0.316 e. The second-order valence-electron chi connectivity index (χ2n) is 3.88. The van der Waals surface area contributed by atoms with Crippen LogP contribution in [0.25, 0.3) is 5.69 Å². The lowest BCUT2D eigenvalue weighted by Crippen LogP contribution is -2.11. The molecule has 1 N–H and O–H groups in total. The first kappa shape index (κ1) is 12.7. The quantitative estimate of drug-likeness (QED) is 0.899. The number of carbonyl (C=O) groups is 1. The van der Waals surface area contributed by atoms with Crippen LogP contribution in [0.5, 0.6) is 0 Å². The first-order valence-corrected chi connectivity index (χ1v) is 6.66. The van der Waals surface area contributed by atoms with E-state index >= 15 is 0 Å². The number of hydrogen-bond acceptors (Lipinski definition) is 3. The number of carboxylic acids is 1. The Morgan fingerprint density at radius 3 is 2.78 bits per heavy atom. The highest BCUT2D eigenvalue weighted by molar-refractivity contribution is 7.99. The minimum atomic E-state index is -0.789.